The van der Waals surface area contributed by atoms with E-state index in [1.54, 1.807) is 0 Å². The van der Waals surface area contributed by atoms with Crippen LogP contribution < -0.4 is 0 Å². The molecule has 16 heavy (non-hydrogen) atoms. The Morgan fingerprint density at radius 2 is 1.81 bits per heavy atom. The van der Waals surface area contributed by atoms with Crippen LogP contribution in [0.25, 0.3) is 0 Å². The summed E-state index contributed by atoms with van der Waals surface area (Å²) in [5.41, 5.74) is 2.55. The second-order valence-corrected chi connectivity index (χ2v) is 3.69. The third kappa shape index (κ3) is 4.30. The van der Waals surface area contributed by atoms with Gasteiger partial charge in [-0.1, -0.05) is 44.2 Å². The number of rotatable bonds is 6. The lowest BCUT2D eigenvalue weighted by Crippen LogP contribution is -2.04. The fourth-order valence-corrected chi connectivity index (χ4v) is 1.49. The van der Waals surface area contributed by atoms with Gasteiger partial charge in [-0.3, -0.25) is 0 Å². The number of esters is 1. The van der Waals surface area contributed by atoms with E-state index in [2.05, 4.69) is 37.8 Å². The lowest BCUT2D eigenvalue weighted by atomic mass is 10.1. The summed E-state index contributed by atoms with van der Waals surface area (Å²) in [4.78, 5) is 10.8. The monoisotopic (exact) mass is 218 g/mol. The molecule has 0 unspecified atom stereocenters. The predicted molar refractivity (Wildman–Crippen MR) is 65.3 cm³/mol. The van der Waals surface area contributed by atoms with Crippen molar-refractivity contribution in [3.63, 3.8) is 0 Å². The minimum atomic E-state index is -0.359. The maximum atomic E-state index is 10.8. The van der Waals surface area contributed by atoms with E-state index in [1.165, 1.54) is 17.2 Å². The van der Waals surface area contributed by atoms with Crippen molar-refractivity contribution in [2.45, 2.75) is 26.2 Å². The van der Waals surface area contributed by atoms with Crippen LogP contribution in [0.5, 0.6) is 0 Å². The Hall–Kier alpha value is -1.57. The third-order valence-electron chi connectivity index (χ3n) is 2.36. The Labute approximate surface area is 96.9 Å². The molecule has 86 valence electrons. The molecule has 1 aromatic rings. The van der Waals surface area contributed by atoms with Gasteiger partial charge in [0.1, 0.15) is 0 Å². The molecule has 0 N–H and O–H groups in total. The van der Waals surface area contributed by atoms with Crippen molar-refractivity contribution in [2.75, 3.05) is 6.61 Å². The fraction of sp³-hybridized carbons (Fsp3) is 0.357. The summed E-state index contributed by atoms with van der Waals surface area (Å²) in [5, 5.41) is 0. The van der Waals surface area contributed by atoms with E-state index < -0.39 is 0 Å². The summed E-state index contributed by atoms with van der Waals surface area (Å²) in [6.45, 7) is 5.93. The van der Waals surface area contributed by atoms with Crippen molar-refractivity contribution >= 4 is 5.97 Å². The van der Waals surface area contributed by atoms with Crippen LogP contribution in [0, 0.1) is 0 Å². The Bertz CT molecular complexity index is 338. The van der Waals surface area contributed by atoms with Crippen molar-refractivity contribution in [2.24, 2.45) is 0 Å². The molecule has 0 aliphatic rings. The fourth-order valence-electron chi connectivity index (χ4n) is 1.49. The van der Waals surface area contributed by atoms with Gasteiger partial charge in [-0.2, -0.15) is 0 Å². The van der Waals surface area contributed by atoms with E-state index in [0.717, 1.165) is 19.3 Å². The molecule has 0 spiro atoms. The number of ether oxygens (including phenoxy) is 1. The van der Waals surface area contributed by atoms with Gasteiger partial charge >= 0.3 is 5.97 Å². The van der Waals surface area contributed by atoms with Crippen molar-refractivity contribution < 1.29 is 9.53 Å². The molecule has 0 saturated carbocycles. The highest BCUT2D eigenvalue weighted by molar-refractivity contribution is 5.81. The highest BCUT2D eigenvalue weighted by Gasteiger charge is 1.97. The molecular formula is C14H18O2. The van der Waals surface area contributed by atoms with Gasteiger partial charge < -0.3 is 4.74 Å². The molecule has 2 nitrogen and oxygen atoms in total. The molecule has 0 aliphatic carbocycles. The summed E-state index contributed by atoms with van der Waals surface area (Å²) in [5.74, 6) is -0.359. The average molecular weight is 218 g/mol. The highest BCUT2D eigenvalue weighted by Crippen LogP contribution is 2.07. The van der Waals surface area contributed by atoms with Crippen LogP contribution in [-0.4, -0.2) is 12.6 Å². The van der Waals surface area contributed by atoms with Crippen molar-refractivity contribution in [1.82, 2.24) is 0 Å². The van der Waals surface area contributed by atoms with Gasteiger partial charge in [0.05, 0.1) is 6.61 Å². The van der Waals surface area contributed by atoms with Crippen molar-refractivity contribution in [3.05, 3.63) is 48.0 Å². The van der Waals surface area contributed by atoms with Crippen molar-refractivity contribution in [1.29, 1.82) is 0 Å². The van der Waals surface area contributed by atoms with Gasteiger partial charge in [0.15, 0.2) is 0 Å². The first kappa shape index (κ1) is 12.5. The molecule has 1 aromatic carbocycles. The predicted octanol–water partition coefficient (Wildman–Crippen LogP) is 2.91. The summed E-state index contributed by atoms with van der Waals surface area (Å²) in [6, 6.07) is 8.45. The zero-order valence-electron chi connectivity index (χ0n) is 9.74. The maximum absolute atomic E-state index is 10.8. The molecule has 2 heteroatoms. The molecule has 0 fully saturated rings. The first-order chi connectivity index (χ1) is 7.76. The Morgan fingerprint density at radius 1 is 1.25 bits per heavy atom. The largest absolute Gasteiger partial charge is 0.462 e. The smallest absolute Gasteiger partial charge is 0.330 e. The van der Waals surface area contributed by atoms with Crippen LogP contribution in [0.2, 0.25) is 0 Å². The third-order valence-corrected chi connectivity index (χ3v) is 2.36. The maximum Gasteiger partial charge on any atom is 0.330 e. The highest BCUT2D eigenvalue weighted by atomic mass is 16.5. The van der Waals surface area contributed by atoms with E-state index >= 15 is 0 Å². The summed E-state index contributed by atoms with van der Waals surface area (Å²) in [6.07, 6.45) is 4.22. The summed E-state index contributed by atoms with van der Waals surface area (Å²) in [7, 11) is 0. The van der Waals surface area contributed by atoms with Crippen LogP contribution in [0.15, 0.2) is 36.9 Å². The zero-order chi connectivity index (χ0) is 11.8. The van der Waals surface area contributed by atoms with E-state index in [0.29, 0.717) is 6.61 Å². The second kappa shape index (κ2) is 6.83. The minimum absolute atomic E-state index is 0.359. The molecule has 0 bridgehead atoms. The number of aryl methyl sites for hydroxylation is 1. The van der Waals surface area contributed by atoms with Gasteiger partial charge in [-0.05, 0) is 17.5 Å². The Morgan fingerprint density at radius 3 is 2.31 bits per heavy atom. The molecule has 0 saturated heterocycles. The second-order valence-electron chi connectivity index (χ2n) is 3.69. The lowest BCUT2D eigenvalue weighted by molar-refractivity contribution is -0.137. The minimum Gasteiger partial charge on any atom is -0.462 e. The number of carbonyl (C=O) groups excluding carboxylic acids is 1. The molecule has 0 atom stereocenters. The first-order valence-electron chi connectivity index (χ1n) is 5.63. The number of hydrogen-bond acceptors (Lipinski definition) is 2. The van der Waals surface area contributed by atoms with E-state index in [9.17, 15) is 4.79 Å². The molecule has 0 amide bonds. The normalized spacial score (nSPS) is 9.81. The molecule has 1 rings (SSSR count). The quantitative estimate of drug-likeness (QED) is 0.542. The van der Waals surface area contributed by atoms with Gasteiger partial charge in [-0.25, -0.2) is 4.79 Å². The molecule has 0 radical (unpaired) electrons. The molecule has 0 aliphatic heterocycles. The van der Waals surface area contributed by atoms with Crippen LogP contribution in [0.3, 0.4) is 0 Å². The van der Waals surface area contributed by atoms with Crippen LogP contribution >= 0.6 is 0 Å². The summed E-state index contributed by atoms with van der Waals surface area (Å²) >= 11 is 0. The Balaban J connectivity index is 2.37. The standard InChI is InChI=1S/C14H18O2/c1-3-5-12-6-8-13(9-7-12)10-11-16-14(15)4-2/h4,6-9H,2-3,5,10-11H2,1H3. The van der Waals surface area contributed by atoms with E-state index in [-0.39, 0.29) is 5.97 Å². The molecular weight excluding hydrogens is 200 g/mol. The number of carbonyl (C=O) groups is 1. The SMILES string of the molecule is C=CC(=O)OCCc1ccc(CCC)cc1. The number of hydrogen-bond donors (Lipinski definition) is 0. The van der Waals surface area contributed by atoms with Gasteiger partial charge in [0, 0.05) is 12.5 Å². The van der Waals surface area contributed by atoms with Crippen LogP contribution in [-0.2, 0) is 22.4 Å². The van der Waals surface area contributed by atoms with Gasteiger partial charge in [-0.15, -0.1) is 0 Å². The molecule has 0 heterocycles. The average Bonchev–Trinajstić information content (AvgIpc) is 2.31. The van der Waals surface area contributed by atoms with E-state index in [4.69, 9.17) is 4.74 Å². The van der Waals surface area contributed by atoms with Gasteiger partial charge in [0.25, 0.3) is 0 Å². The summed E-state index contributed by atoms with van der Waals surface area (Å²) < 4.78 is 4.92. The Kier molecular flexibility index (Phi) is 5.34. The van der Waals surface area contributed by atoms with Crippen molar-refractivity contribution in [3.8, 4) is 0 Å². The van der Waals surface area contributed by atoms with Gasteiger partial charge in [0.2, 0.25) is 0 Å². The number of benzene rings is 1. The topological polar surface area (TPSA) is 26.3 Å². The van der Waals surface area contributed by atoms with Crippen LogP contribution in [0.4, 0.5) is 0 Å². The lowest BCUT2D eigenvalue weighted by Gasteiger charge is -2.04. The van der Waals surface area contributed by atoms with Crippen LogP contribution in [0.1, 0.15) is 24.5 Å². The zero-order valence-corrected chi connectivity index (χ0v) is 9.74. The van der Waals surface area contributed by atoms with E-state index in [1.807, 2.05) is 0 Å². The molecule has 0 aromatic heterocycles. The first-order valence-corrected chi connectivity index (χ1v) is 5.63.